The Morgan fingerprint density at radius 1 is 0.950 bits per heavy atom. The Kier molecular flexibility index (Phi) is 5.03. The fourth-order valence-electron chi connectivity index (χ4n) is 2.62. The van der Waals surface area contributed by atoms with Gasteiger partial charge in [-0.25, -0.2) is 0 Å². The monoisotopic (exact) mass is 376 g/mol. The fraction of sp³-hybridized carbons (Fsp3) is 0.263. The second kappa shape index (κ2) is 6.57. The van der Waals surface area contributed by atoms with Gasteiger partial charge in [0.2, 0.25) is 0 Å². The number of allylic oxidation sites excluding steroid dienone is 2. The highest BCUT2D eigenvalue weighted by Crippen LogP contribution is 2.28. The van der Waals surface area contributed by atoms with Gasteiger partial charge in [-0.15, -0.1) is 0 Å². The van der Waals surface area contributed by atoms with Crippen molar-refractivity contribution in [2.24, 2.45) is 0 Å². The molecule has 0 aliphatic rings. The molecule has 0 N–H and O–H groups in total. The number of aryl methyl sites for hydroxylation is 3. The molecule has 0 amide bonds. The molecular formula is C19H21I. The molecule has 0 heterocycles. The van der Waals surface area contributed by atoms with Crippen LogP contribution in [0, 0.1) is 20.8 Å². The molecule has 104 valence electrons. The molecule has 0 radical (unpaired) electrons. The van der Waals surface area contributed by atoms with Crippen molar-refractivity contribution in [2.45, 2.75) is 34.1 Å². The molecular weight excluding hydrogens is 355 g/mol. The summed E-state index contributed by atoms with van der Waals surface area (Å²) in [5.41, 5.74) is 8.32. The van der Waals surface area contributed by atoms with Crippen LogP contribution < -0.4 is 0 Å². The average molecular weight is 376 g/mol. The number of rotatable bonds is 3. The topological polar surface area (TPSA) is 0 Å². The summed E-state index contributed by atoms with van der Waals surface area (Å²) in [7, 11) is 0. The van der Waals surface area contributed by atoms with E-state index < -0.39 is 0 Å². The molecule has 20 heavy (non-hydrogen) atoms. The zero-order chi connectivity index (χ0) is 14.7. The van der Waals surface area contributed by atoms with Gasteiger partial charge in [0.25, 0.3) is 0 Å². The second-order valence-corrected chi connectivity index (χ2v) is 6.75. The molecule has 0 saturated heterocycles. The maximum Gasteiger partial charge on any atom is 0.00406 e. The van der Waals surface area contributed by atoms with Crippen molar-refractivity contribution in [3.05, 3.63) is 73.9 Å². The summed E-state index contributed by atoms with van der Waals surface area (Å²) in [4.78, 5) is 0. The lowest BCUT2D eigenvalue weighted by Crippen LogP contribution is -1.96. The summed E-state index contributed by atoms with van der Waals surface area (Å²) in [6.07, 6.45) is 1.03. The van der Waals surface area contributed by atoms with E-state index in [1.165, 1.54) is 37.0 Å². The molecule has 2 aromatic rings. The number of hydrogen-bond acceptors (Lipinski definition) is 0. The third kappa shape index (κ3) is 3.51. The van der Waals surface area contributed by atoms with Crippen molar-refractivity contribution in [1.82, 2.24) is 0 Å². The fourth-order valence-corrected chi connectivity index (χ4v) is 3.31. The third-order valence-electron chi connectivity index (χ3n) is 3.79. The Bertz CT molecular complexity index is 613. The van der Waals surface area contributed by atoms with Gasteiger partial charge in [0.1, 0.15) is 0 Å². The summed E-state index contributed by atoms with van der Waals surface area (Å²) < 4.78 is 1.42. The first-order chi connectivity index (χ1) is 9.49. The van der Waals surface area contributed by atoms with Gasteiger partial charge in [-0.3, -0.25) is 0 Å². The van der Waals surface area contributed by atoms with Crippen molar-refractivity contribution < 1.29 is 0 Å². The van der Waals surface area contributed by atoms with Gasteiger partial charge >= 0.3 is 0 Å². The van der Waals surface area contributed by atoms with E-state index in [1.807, 2.05) is 0 Å². The maximum absolute atomic E-state index is 2.50. The highest BCUT2D eigenvalue weighted by atomic mass is 127. The zero-order valence-corrected chi connectivity index (χ0v) is 14.8. The van der Waals surface area contributed by atoms with Crippen LogP contribution >= 0.6 is 22.6 Å². The predicted molar refractivity (Wildman–Crippen MR) is 97.4 cm³/mol. The van der Waals surface area contributed by atoms with Crippen LogP contribution in [0.5, 0.6) is 0 Å². The molecule has 1 heteroatoms. The van der Waals surface area contributed by atoms with E-state index in [2.05, 4.69) is 92.8 Å². The zero-order valence-electron chi connectivity index (χ0n) is 12.6. The molecule has 0 aliphatic heterocycles. The molecule has 2 rings (SSSR count). The van der Waals surface area contributed by atoms with Crippen molar-refractivity contribution >= 4 is 28.2 Å². The van der Waals surface area contributed by atoms with Crippen molar-refractivity contribution in [1.29, 1.82) is 0 Å². The van der Waals surface area contributed by atoms with E-state index in [-0.39, 0.29) is 0 Å². The highest BCUT2D eigenvalue weighted by molar-refractivity contribution is 14.1. The SMILES string of the molecule is C/C(=C(/I)Cc1c(C)cc(C)cc1C)c1ccccc1. The van der Waals surface area contributed by atoms with E-state index >= 15 is 0 Å². The van der Waals surface area contributed by atoms with Gasteiger partial charge in [-0.05, 0) is 81.7 Å². The van der Waals surface area contributed by atoms with E-state index in [0.717, 1.165) is 6.42 Å². The second-order valence-electron chi connectivity index (χ2n) is 5.45. The Morgan fingerprint density at radius 3 is 2.05 bits per heavy atom. The quantitative estimate of drug-likeness (QED) is 0.575. The van der Waals surface area contributed by atoms with E-state index in [0.29, 0.717) is 0 Å². The Hall–Kier alpha value is -1.09. The van der Waals surface area contributed by atoms with Gasteiger partial charge in [0.05, 0.1) is 0 Å². The summed E-state index contributed by atoms with van der Waals surface area (Å²) in [6.45, 7) is 8.82. The first kappa shape index (κ1) is 15.3. The third-order valence-corrected chi connectivity index (χ3v) is 4.98. The van der Waals surface area contributed by atoms with Crippen molar-refractivity contribution in [3.8, 4) is 0 Å². The van der Waals surface area contributed by atoms with Crippen molar-refractivity contribution in [2.75, 3.05) is 0 Å². The molecule has 0 spiro atoms. The van der Waals surface area contributed by atoms with Crippen LogP contribution in [-0.4, -0.2) is 0 Å². The molecule has 0 aliphatic carbocycles. The van der Waals surface area contributed by atoms with Gasteiger partial charge in [-0.1, -0.05) is 48.0 Å². The molecule has 0 aromatic heterocycles. The van der Waals surface area contributed by atoms with E-state index in [4.69, 9.17) is 0 Å². The number of hydrogen-bond donors (Lipinski definition) is 0. The lowest BCUT2D eigenvalue weighted by Gasteiger charge is -2.13. The first-order valence-corrected chi connectivity index (χ1v) is 8.04. The minimum atomic E-state index is 1.03. The first-order valence-electron chi connectivity index (χ1n) is 6.96. The van der Waals surface area contributed by atoms with Crippen LogP contribution in [0.25, 0.3) is 5.57 Å². The molecule has 0 fully saturated rings. The van der Waals surface area contributed by atoms with Gasteiger partial charge in [-0.2, -0.15) is 0 Å². The van der Waals surface area contributed by atoms with E-state index in [1.54, 1.807) is 0 Å². The highest BCUT2D eigenvalue weighted by Gasteiger charge is 2.08. The number of benzene rings is 2. The summed E-state index contributed by atoms with van der Waals surface area (Å²) >= 11 is 2.50. The lowest BCUT2D eigenvalue weighted by molar-refractivity contribution is 1.14. The van der Waals surface area contributed by atoms with E-state index in [9.17, 15) is 0 Å². The Morgan fingerprint density at radius 2 is 1.50 bits per heavy atom. The van der Waals surface area contributed by atoms with Crippen LogP contribution in [-0.2, 0) is 6.42 Å². The normalized spacial score (nSPS) is 12.2. The predicted octanol–water partition coefficient (Wildman–Crippen LogP) is 6.02. The van der Waals surface area contributed by atoms with Crippen LogP contribution in [0.4, 0.5) is 0 Å². The molecule has 0 bridgehead atoms. The molecule has 0 atom stereocenters. The van der Waals surface area contributed by atoms with Gasteiger partial charge < -0.3 is 0 Å². The lowest BCUT2D eigenvalue weighted by atomic mass is 9.96. The average Bonchev–Trinajstić information content (AvgIpc) is 2.42. The smallest absolute Gasteiger partial charge is 0.00406 e. The standard InChI is InChI=1S/C19H21I/c1-13-10-14(2)18(15(3)11-13)12-19(20)16(4)17-8-6-5-7-9-17/h5-11H,12H2,1-4H3/b19-16-. The van der Waals surface area contributed by atoms with Gasteiger partial charge in [0, 0.05) is 6.42 Å². The Labute approximate surface area is 136 Å². The molecule has 0 saturated carbocycles. The van der Waals surface area contributed by atoms with Crippen LogP contribution in [0.15, 0.2) is 46.0 Å². The van der Waals surface area contributed by atoms with Crippen LogP contribution in [0.2, 0.25) is 0 Å². The molecule has 0 nitrogen and oxygen atoms in total. The largest absolute Gasteiger partial charge is 0.0622 e. The summed E-state index contributed by atoms with van der Waals surface area (Å²) in [6, 6.07) is 15.2. The molecule has 0 unspecified atom stereocenters. The number of halogens is 1. The maximum atomic E-state index is 2.50. The minimum absolute atomic E-state index is 1.03. The van der Waals surface area contributed by atoms with Crippen LogP contribution in [0.1, 0.15) is 34.7 Å². The Balaban J connectivity index is 2.35. The van der Waals surface area contributed by atoms with Crippen LogP contribution in [0.3, 0.4) is 0 Å². The minimum Gasteiger partial charge on any atom is -0.0622 e. The molecule has 2 aromatic carbocycles. The van der Waals surface area contributed by atoms with Gasteiger partial charge in [0.15, 0.2) is 0 Å². The summed E-state index contributed by atoms with van der Waals surface area (Å²) in [5.74, 6) is 0. The summed E-state index contributed by atoms with van der Waals surface area (Å²) in [5, 5.41) is 0. The van der Waals surface area contributed by atoms with Crippen molar-refractivity contribution in [3.63, 3.8) is 0 Å².